The molecule has 0 radical (unpaired) electrons. The van der Waals surface area contributed by atoms with Gasteiger partial charge in [-0.3, -0.25) is 14.9 Å². The third-order valence-corrected chi connectivity index (χ3v) is 3.29. The van der Waals surface area contributed by atoms with Gasteiger partial charge in [-0.15, -0.1) is 0 Å². The summed E-state index contributed by atoms with van der Waals surface area (Å²) in [5, 5.41) is 8.42. The SMILES string of the molecule is O=C(C[C@H]1C(=O)Nc2ncnn21)Nc1ccccc1C(F)(F)F. The predicted octanol–water partition coefficient (Wildman–Crippen LogP) is 1.82. The molecule has 23 heavy (non-hydrogen) atoms. The molecule has 0 saturated heterocycles. The van der Waals surface area contributed by atoms with E-state index in [0.717, 1.165) is 12.1 Å². The number of para-hydroxylation sites is 1. The number of hydrogen-bond acceptors (Lipinski definition) is 4. The number of carbonyl (C=O) groups is 2. The maximum absolute atomic E-state index is 12.9. The normalized spacial score (nSPS) is 16.8. The number of alkyl halides is 3. The Morgan fingerprint density at radius 3 is 2.83 bits per heavy atom. The molecule has 0 bridgehead atoms. The third kappa shape index (κ3) is 2.87. The molecule has 120 valence electrons. The molecule has 2 heterocycles. The second-order valence-corrected chi connectivity index (χ2v) is 4.83. The van der Waals surface area contributed by atoms with E-state index in [4.69, 9.17) is 0 Å². The summed E-state index contributed by atoms with van der Waals surface area (Å²) in [5.41, 5.74) is -1.31. The quantitative estimate of drug-likeness (QED) is 0.901. The van der Waals surface area contributed by atoms with Gasteiger partial charge in [-0.25, -0.2) is 4.68 Å². The first-order valence-electron chi connectivity index (χ1n) is 6.52. The molecule has 7 nitrogen and oxygen atoms in total. The van der Waals surface area contributed by atoms with Gasteiger partial charge in [-0.1, -0.05) is 12.1 Å². The maximum Gasteiger partial charge on any atom is 0.418 e. The predicted molar refractivity (Wildman–Crippen MR) is 72.4 cm³/mol. The van der Waals surface area contributed by atoms with Crippen molar-refractivity contribution in [3.63, 3.8) is 0 Å². The molecule has 2 amide bonds. The Balaban J connectivity index is 1.75. The zero-order chi connectivity index (χ0) is 16.6. The van der Waals surface area contributed by atoms with Crippen LogP contribution in [-0.2, 0) is 15.8 Å². The lowest BCUT2D eigenvalue weighted by atomic mass is 10.1. The lowest BCUT2D eigenvalue weighted by Crippen LogP contribution is -2.24. The summed E-state index contributed by atoms with van der Waals surface area (Å²) in [6, 6.07) is 3.68. The van der Waals surface area contributed by atoms with Crippen LogP contribution in [-0.4, -0.2) is 26.6 Å². The first kappa shape index (κ1) is 15.0. The van der Waals surface area contributed by atoms with E-state index < -0.39 is 29.6 Å². The summed E-state index contributed by atoms with van der Waals surface area (Å²) < 4.78 is 39.9. The van der Waals surface area contributed by atoms with Gasteiger partial charge in [0.15, 0.2) is 0 Å². The molecule has 2 aromatic rings. The number of fused-ring (bicyclic) bond motifs is 1. The zero-order valence-electron chi connectivity index (χ0n) is 11.5. The molecule has 1 atom stereocenters. The van der Waals surface area contributed by atoms with Crippen molar-refractivity contribution in [3.8, 4) is 0 Å². The number of halogens is 3. The number of anilines is 2. The van der Waals surface area contributed by atoms with E-state index in [9.17, 15) is 22.8 Å². The second kappa shape index (κ2) is 5.38. The van der Waals surface area contributed by atoms with E-state index in [2.05, 4.69) is 20.7 Å². The lowest BCUT2D eigenvalue weighted by Gasteiger charge is -2.14. The fraction of sp³-hybridized carbons (Fsp3) is 0.231. The number of carbonyl (C=O) groups excluding carboxylic acids is 2. The van der Waals surface area contributed by atoms with E-state index >= 15 is 0 Å². The molecule has 3 rings (SSSR count). The maximum atomic E-state index is 12.9. The van der Waals surface area contributed by atoms with Crippen molar-refractivity contribution in [1.29, 1.82) is 0 Å². The highest BCUT2D eigenvalue weighted by molar-refractivity contribution is 6.01. The number of rotatable bonds is 3. The Morgan fingerprint density at radius 1 is 1.35 bits per heavy atom. The van der Waals surface area contributed by atoms with Crippen molar-refractivity contribution in [2.24, 2.45) is 0 Å². The number of benzene rings is 1. The number of amides is 2. The Kier molecular flexibility index (Phi) is 3.51. The minimum Gasteiger partial charge on any atom is -0.325 e. The number of nitrogens with zero attached hydrogens (tertiary/aromatic N) is 3. The van der Waals surface area contributed by atoms with Gasteiger partial charge in [-0.05, 0) is 12.1 Å². The van der Waals surface area contributed by atoms with Crippen molar-refractivity contribution in [2.75, 3.05) is 10.6 Å². The molecule has 0 unspecified atom stereocenters. The molecule has 0 fully saturated rings. The van der Waals surface area contributed by atoms with Gasteiger partial charge in [0.25, 0.3) is 5.91 Å². The van der Waals surface area contributed by atoms with Crippen LogP contribution >= 0.6 is 0 Å². The van der Waals surface area contributed by atoms with Gasteiger partial charge < -0.3 is 5.32 Å². The first-order chi connectivity index (χ1) is 10.9. The Bertz CT molecular complexity index is 771. The average Bonchev–Trinajstić information content (AvgIpc) is 3.01. The molecule has 1 aliphatic rings. The Morgan fingerprint density at radius 2 is 2.09 bits per heavy atom. The summed E-state index contributed by atoms with van der Waals surface area (Å²) in [6.45, 7) is 0. The molecule has 0 spiro atoms. The van der Waals surface area contributed by atoms with Gasteiger partial charge in [0, 0.05) is 0 Å². The molecular formula is C13H10F3N5O2. The smallest absolute Gasteiger partial charge is 0.325 e. The van der Waals surface area contributed by atoms with Crippen LogP contribution in [0.3, 0.4) is 0 Å². The molecule has 0 saturated carbocycles. The summed E-state index contributed by atoms with van der Waals surface area (Å²) in [5.74, 6) is -1.02. The summed E-state index contributed by atoms with van der Waals surface area (Å²) in [6.07, 6.45) is -3.74. The zero-order valence-corrected chi connectivity index (χ0v) is 11.5. The van der Waals surface area contributed by atoms with Gasteiger partial charge in [0.1, 0.15) is 12.4 Å². The van der Waals surface area contributed by atoms with E-state index in [1.807, 2.05) is 0 Å². The fourth-order valence-corrected chi connectivity index (χ4v) is 2.27. The molecule has 1 aromatic heterocycles. The van der Waals surface area contributed by atoms with E-state index in [0.29, 0.717) is 0 Å². The summed E-state index contributed by atoms with van der Waals surface area (Å²) >= 11 is 0. The fourth-order valence-electron chi connectivity index (χ4n) is 2.27. The van der Waals surface area contributed by atoms with Crippen molar-refractivity contribution in [2.45, 2.75) is 18.6 Å². The number of nitrogens with one attached hydrogen (secondary N) is 2. The molecule has 2 N–H and O–H groups in total. The van der Waals surface area contributed by atoms with Crippen LogP contribution in [0, 0.1) is 0 Å². The van der Waals surface area contributed by atoms with Crippen LogP contribution in [0.4, 0.5) is 24.8 Å². The van der Waals surface area contributed by atoms with Crippen LogP contribution in [0.5, 0.6) is 0 Å². The molecule has 10 heteroatoms. The largest absolute Gasteiger partial charge is 0.418 e. The van der Waals surface area contributed by atoms with Gasteiger partial charge in [0.2, 0.25) is 11.9 Å². The topological polar surface area (TPSA) is 88.9 Å². The van der Waals surface area contributed by atoms with Crippen molar-refractivity contribution < 1.29 is 22.8 Å². The van der Waals surface area contributed by atoms with Gasteiger partial charge >= 0.3 is 6.18 Å². The van der Waals surface area contributed by atoms with Crippen molar-refractivity contribution >= 4 is 23.5 Å². The molecule has 0 aliphatic carbocycles. The van der Waals surface area contributed by atoms with Gasteiger partial charge in [0.05, 0.1) is 17.7 Å². The third-order valence-electron chi connectivity index (χ3n) is 3.29. The number of hydrogen-bond donors (Lipinski definition) is 2. The van der Waals surface area contributed by atoms with Crippen LogP contribution in [0.1, 0.15) is 18.0 Å². The molecular weight excluding hydrogens is 315 g/mol. The van der Waals surface area contributed by atoms with Crippen molar-refractivity contribution in [3.05, 3.63) is 36.2 Å². The minimum absolute atomic E-state index is 0.198. The van der Waals surface area contributed by atoms with Crippen LogP contribution in [0.25, 0.3) is 0 Å². The van der Waals surface area contributed by atoms with Crippen LogP contribution < -0.4 is 10.6 Å². The average molecular weight is 325 g/mol. The first-order valence-corrected chi connectivity index (χ1v) is 6.52. The lowest BCUT2D eigenvalue weighted by molar-refractivity contribution is -0.137. The van der Waals surface area contributed by atoms with Crippen molar-refractivity contribution in [1.82, 2.24) is 14.8 Å². The Hall–Kier alpha value is -2.91. The second-order valence-electron chi connectivity index (χ2n) is 4.83. The van der Waals surface area contributed by atoms with E-state index in [1.165, 1.54) is 23.1 Å². The monoisotopic (exact) mass is 325 g/mol. The van der Waals surface area contributed by atoms with E-state index in [-0.39, 0.29) is 18.1 Å². The highest BCUT2D eigenvalue weighted by Crippen LogP contribution is 2.35. The Labute approximate surface area is 127 Å². The summed E-state index contributed by atoms with van der Waals surface area (Å²) in [4.78, 5) is 27.5. The van der Waals surface area contributed by atoms with Crippen LogP contribution in [0.2, 0.25) is 0 Å². The molecule has 1 aliphatic heterocycles. The van der Waals surface area contributed by atoms with E-state index in [1.54, 1.807) is 0 Å². The minimum atomic E-state index is -4.59. The molecule has 1 aromatic carbocycles. The highest BCUT2D eigenvalue weighted by Gasteiger charge is 2.36. The summed E-state index contributed by atoms with van der Waals surface area (Å²) in [7, 11) is 0. The standard InChI is InChI=1S/C13H10F3N5O2/c14-13(15,16)7-3-1-2-4-8(7)19-10(22)5-9-11(23)20-12-17-6-18-21(9)12/h1-4,6,9H,5H2,(H,19,22)(H,17,18,20,23)/t9-/m0/s1. The number of aromatic nitrogens is 3. The van der Waals surface area contributed by atoms with Gasteiger partial charge in [-0.2, -0.15) is 23.3 Å². The highest BCUT2D eigenvalue weighted by atomic mass is 19.4. The van der Waals surface area contributed by atoms with Crippen LogP contribution in [0.15, 0.2) is 30.6 Å².